The van der Waals surface area contributed by atoms with Crippen LogP contribution in [0.5, 0.6) is 0 Å². The molecule has 2 unspecified atom stereocenters. The average molecular weight is 241 g/mol. The van der Waals surface area contributed by atoms with Crippen LogP contribution in [0.3, 0.4) is 0 Å². The molecule has 2 atom stereocenters. The van der Waals surface area contributed by atoms with Crippen molar-refractivity contribution in [3.05, 3.63) is 35.4 Å². The fourth-order valence-corrected chi connectivity index (χ4v) is 2.26. The van der Waals surface area contributed by atoms with Crippen LogP contribution in [0.25, 0.3) is 0 Å². The van der Waals surface area contributed by atoms with E-state index >= 15 is 0 Å². The molecule has 0 radical (unpaired) electrons. The fourth-order valence-electron chi connectivity index (χ4n) is 2.26. The Hall–Kier alpha value is -1.00. The maximum absolute atomic E-state index is 13.4. The van der Waals surface area contributed by atoms with Crippen molar-refractivity contribution in [1.82, 2.24) is 5.32 Å². The largest absolute Gasteiger partial charge is 0.392 e. The quantitative estimate of drug-likeness (QED) is 0.851. The summed E-state index contributed by atoms with van der Waals surface area (Å²) in [6.07, 6.45) is 3.48. The molecule has 1 aliphatic rings. The molecule has 17 heavy (non-hydrogen) atoms. The molecule has 1 aromatic carbocycles. The Morgan fingerprint density at radius 3 is 2.71 bits per heavy atom. The molecular weight excluding hydrogens is 224 g/mol. The first-order valence-electron chi connectivity index (χ1n) is 6.02. The second-order valence-electron chi connectivity index (χ2n) is 4.57. The lowest BCUT2D eigenvalue weighted by Crippen LogP contribution is -2.41. The highest BCUT2D eigenvalue weighted by atomic mass is 19.1. The van der Waals surface area contributed by atoms with E-state index in [1.807, 2.05) is 0 Å². The molecule has 94 valence electrons. The predicted molar refractivity (Wildman–Crippen MR) is 61.5 cm³/mol. The molecule has 4 heteroatoms. The van der Waals surface area contributed by atoms with Gasteiger partial charge in [-0.2, -0.15) is 0 Å². The normalized spacial score (nSPS) is 24.9. The van der Waals surface area contributed by atoms with E-state index in [0.29, 0.717) is 12.1 Å². The van der Waals surface area contributed by atoms with Gasteiger partial charge in [0.1, 0.15) is 11.6 Å². The van der Waals surface area contributed by atoms with E-state index in [9.17, 15) is 13.9 Å². The van der Waals surface area contributed by atoms with Gasteiger partial charge in [-0.25, -0.2) is 8.78 Å². The minimum atomic E-state index is -0.566. The first-order chi connectivity index (χ1) is 8.16. The molecule has 2 N–H and O–H groups in total. The summed E-state index contributed by atoms with van der Waals surface area (Å²) >= 11 is 0. The maximum Gasteiger partial charge on any atom is 0.130 e. The van der Waals surface area contributed by atoms with Gasteiger partial charge in [-0.1, -0.05) is 18.9 Å². The minimum absolute atomic E-state index is 0.0215. The zero-order valence-corrected chi connectivity index (χ0v) is 9.63. The van der Waals surface area contributed by atoms with Crippen LogP contribution in [0.4, 0.5) is 8.78 Å². The van der Waals surface area contributed by atoms with Gasteiger partial charge in [-0.05, 0) is 18.9 Å². The SMILES string of the molecule is OC1CCCCC1NCc1ccc(F)cc1F. The van der Waals surface area contributed by atoms with E-state index in [4.69, 9.17) is 0 Å². The third-order valence-electron chi connectivity index (χ3n) is 3.30. The number of hydrogen-bond donors (Lipinski definition) is 2. The summed E-state index contributed by atoms with van der Waals surface area (Å²) in [5.41, 5.74) is 0.434. The van der Waals surface area contributed by atoms with Crippen LogP contribution < -0.4 is 5.32 Å². The van der Waals surface area contributed by atoms with Crippen molar-refractivity contribution in [2.75, 3.05) is 0 Å². The number of aliphatic hydroxyl groups is 1. The highest BCUT2D eigenvalue weighted by Crippen LogP contribution is 2.19. The summed E-state index contributed by atoms with van der Waals surface area (Å²) in [6, 6.07) is 3.59. The van der Waals surface area contributed by atoms with Gasteiger partial charge in [0.15, 0.2) is 0 Å². The molecule has 2 rings (SSSR count). The van der Waals surface area contributed by atoms with Gasteiger partial charge >= 0.3 is 0 Å². The van der Waals surface area contributed by atoms with Crippen LogP contribution in [0.1, 0.15) is 31.2 Å². The van der Waals surface area contributed by atoms with Crippen LogP contribution in [0, 0.1) is 11.6 Å². The lowest BCUT2D eigenvalue weighted by atomic mass is 9.92. The Kier molecular flexibility index (Phi) is 4.07. The molecule has 0 bridgehead atoms. The van der Waals surface area contributed by atoms with Crippen LogP contribution >= 0.6 is 0 Å². The Labute approximate surface area is 99.7 Å². The monoisotopic (exact) mass is 241 g/mol. The van der Waals surface area contributed by atoms with E-state index in [1.165, 1.54) is 12.1 Å². The van der Waals surface area contributed by atoms with Gasteiger partial charge in [-0.15, -0.1) is 0 Å². The smallest absolute Gasteiger partial charge is 0.130 e. The molecule has 0 aromatic heterocycles. The zero-order chi connectivity index (χ0) is 12.3. The van der Waals surface area contributed by atoms with Crippen molar-refractivity contribution in [1.29, 1.82) is 0 Å². The molecule has 0 heterocycles. The van der Waals surface area contributed by atoms with Gasteiger partial charge in [0.2, 0.25) is 0 Å². The molecule has 1 aromatic rings. The van der Waals surface area contributed by atoms with Gasteiger partial charge in [0.05, 0.1) is 6.10 Å². The van der Waals surface area contributed by atoms with Crippen LogP contribution in [0.15, 0.2) is 18.2 Å². The van der Waals surface area contributed by atoms with Crippen molar-refractivity contribution in [2.45, 2.75) is 44.4 Å². The van der Waals surface area contributed by atoms with Crippen LogP contribution in [0.2, 0.25) is 0 Å². The van der Waals surface area contributed by atoms with Crippen LogP contribution in [-0.2, 0) is 6.54 Å². The minimum Gasteiger partial charge on any atom is -0.392 e. The Bertz CT molecular complexity index is 384. The lowest BCUT2D eigenvalue weighted by Gasteiger charge is -2.28. The Morgan fingerprint density at radius 2 is 2.00 bits per heavy atom. The van der Waals surface area contributed by atoms with Crippen molar-refractivity contribution >= 4 is 0 Å². The molecule has 1 fully saturated rings. The fraction of sp³-hybridized carbons (Fsp3) is 0.538. The number of benzene rings is 1. The predicted octanol–water partition coefficient (Wildman–Crippen LogP) is 2.36. The Balaban J connectivity index is 1.92. The first-order valence-corrected chi connectivity index (χ1v) is 6.02. The third-order valence-corrected chi connectivity index (χ3v) is 3.30. The standard InChI is InChI=1S/C13H17F2NO/c14-10-6-5-9(11(15)7-10)8-16-12-3-1-2-4-13(12)17/h5-7,12-13,16-17H,1-4,8H2. The van der Waals surface area contributed by atoms with E-state index in [0.717, 1.165) is 31.7 Å². The van der Waals surface area contributed by atoms with E-state index in [1.54, 1.807) is 0 Å². The van der Waals surface area contributed by atoms with Gasteiger partial charge in [0.25, 0.3) is 0 Å². The van der Waals surface area contributed by atoms with Crippen molar-refractivity contribution in [2.24, 2.45) is 0 Å². The molecule has 0 amide bonds. The third kappa shape index (κ3) is 3.23. The van der Waals surface area contributed by atoms with Gasteiger partial charge in [-0.3, -0.25) is 0 Å². The molecule has 2 nitrogen and oxygen atoms in total. The van der Waals surface area contributed by atoms with E-state index < -0.39 is 11.6 Å². The summed E-state index contributed by atoms with van der Waals surface area (Å²) in [5.74, 6) is -1.10. The number of nitrogens with one attached hydrogen (secondary N) is 1. The number of rotatable bonds is 3. The summed E-state index contributed by atoms with van der Waals surface area (Å²) in [7, 11) is 0. The summed E-state index contributed by atoms with van der Waals surface area (Å²) in [6.45, 7) is 0.327. The van der Waals surface area contributed by atoms with Gasteiger partial charge < -0.3 is 10.4 Å². The molecule has 1 aliphatic carbocycles. The second kappa shape index (κ2) is 5.56. The lowest BCUT2D eigenvalue weighted by molar-refractivity contribution is 0.0901. The van der Waals surface area contributed by atoms with E-state index in [-0.39, 0.29) is 12.1 Å². The Morgan fingerprint density at radius 1 is 1.24 bits per heavy atom. The maximum atomic E-state index is 13.4. The summed E-state index contributed by atoms with van der Waals surface area (Å²) in [5, 5.41) is 12.9. The number of aliphatic hydroxyl groups excluding tert-OH is 1. The molecule has 0 spiro atoms. The van der Waals surface area contributed by atoms with Crippen molar-refractivity contribution in [3.63, 3.8) is 0 Å². The van der Waals surface area contributed by atoms with Crippen molar-refractivity contribution in [3.8, 4) is 0 Å². The van der Waals surface area contributed by atoms with Gasteiger partial charge in [0, 0.05) is 24.2 Å². The number of hydrogen-bond acceptors (Lipinski definition) is 2. The molecular formula is C13H17F2NO. The summed E-state index contributed by atoms with van der Waals surface area (Å²) in [4.78, 5) is 0. The van der Waals surface area contributed by atoms with E-state index in [2.05, 4.69) is 5.32 Å². The molecule has 0 saturated heterocycles. The number of halogens is 2. The summed E-state index contributed by atoms with van der Waals surface area (Å²) < 4.78 is 26.1. The zero-order valence-electron chi connectivity index (χ0n) is 9.63. The average Bonchev–Trinajstić information content (AvgIpc) is 2.30. The highest BCUT2D eigenvalue weighted by Gasteiger charge is 2.22. The highest BCUT2D eigenvalue weighted by molar-refractivity contribution is 5.18. The van der Waals surface area contributed by atoms with Crippen LogP contribution in [-0.4, -0.2) is 17.3 Å². The van der Waals surface area contributed by atoms with Crippen molar-refractivity contribution < 1.29 is 13.9 Å². The molecule has 0 aliphatic heterocycles. The topological polar surface area (TPSA) is 32.3 Å². The molecule has 1 saturated carbocycles. The second-order valence-corrected chi connectivity index (χ2v) is 4.57. The first kappa shape index (κ1) is 12.5.